The highest BCUT2D eigenvalue weighted by Crippen LogP contribution is 2.30. The van der Waals surface area contributed by atoms with Crippen LogP contribution in [-0.4, -0.2) is 38.7 Å². The van der Waals surface area contributed by atoms with Gasteiger partial charge in [0, 0.05) is 31.6 Å². The van der Waals surface area contributed by atoms with Gasteiger partial charge < -0.3 is 31.8 Å². The number of aliphatic hydroxyl groups is 1. The molecule has 0 aromatic carbocycles. The molecular weight excluding hydrogens is 398 g/mol. The molecular formula is C21H29N7O3. The first-order valence-corrected chi connectivity index (χ1v) is 10.4. The first kappa shape index (κ1) is 22.3. The smallest absolute Gasteiger partial charge is 0.274 e. The van der Waals surface area contributed by atoms with Gasteiger partial charge in [-0.2, -0.15) is 0 Å². The van der Waals surface area contributed by atoms with Crippen LogP contribution in [-0.2, 0) is 4.79 Å². The van der Waals surface area contributed by atoms with E-state index >= 15 is 0 Å². The van der Waals surface area contributed by atoms with Crippen molar-refractivity contribution >= 4 is 28.8 Å². The summed E-state index contributed by atoms with van der Waals surface area (Å²) >= 11 is 0. The minimum absolute atomic E-state index is 0.00918. The zero-order valence-corrected chi connectivity index (χ0v) is 17.5. The second kappa shape index (κ2) is 10.1. The van der Waals surface area contributed by atoms with Crippen LogP contribution < -0.4 is 27.7 Å². The van der Waals surface area contributed by atoms with Gasteiger partial charge in [0.25, 0.3) is 11.5 Å². The molecule has 0 atom stereocenters. The molecule has 31 heavy (non-hydrogen) atoms. The second-order valence-corrected chi connectivity index (χ2v) is 7.59. The summed E-state index contributed by atoms with van der Waals surface area (Å²) in [6.07, 6.45) is 9.40. The van der Waals surface area contributed by atoms with Crippen molar-refractivity contribution in [3.63, 3.8) is 0 Å². The number of aliphatic hydroxyl groups excluding tert-OH is 1. The van der Waals surface area contributed by atoms with Crippen molar-refractivity contribution in [2.24, 2.45) is 11.5 Å². The normalized spacial score (nSPS) is 16.4. The van der Waals surface area contributed by atoms with E-state index in [1.165, 1.54) is 6.42 Å². The number of aromatic nitrogens is 3. The first-order chi connectivity index (χ1) is 14.9. The third-order valence-corrected chi connectivity index (χ3v) is 5.44. The van der Waals surface area contributed by atoms with Gasteiger partial charge in [0.1, 0.15) is 17.3 Å². The van der Waals surface area contributed by atoms with Gasteiger partial charge in [0.2, 0.25) is 0 Å². The van der Waals surface area contributed by atoms with Gasteiger partial charge in [0.15, 0.2) is 5.82 Å². The average molecular weight is 428 g/mol. The number of rotatable bonds is 6. The number of carbonyl (C=O) groups is 1. The SMILES string of the molecule is CNc1cc(Nc2cccn(C3CCC3)c2=O)nc(/C(=C\N)C(N)=O)n1.OC1CCC1. The number of pyridine rings is 1. The number of hydrogen-bond donors (Lipinski definition) is 5. The van der Waals surface area contributed by atoms with Crippen molar-refractivity contribution in [1.82, 2.24) is 14.5 Å². The third-order valence-electron chi connectivity index (χ3n) is 5.44. The highest BCUT2D eigenvalue weighted by molar-refractivity contribution is 6.17. The molecule has 2 aliphatic rings. The van der Waals surface area contributed by atoms with Crippen molar-refractivity contribution in [2.45, 2.75) is 50.7 Å². The summed E-state index contributed by atoms with van der Waals surface area (Å²) in [4.78, 5) is 32.6. The number of anilines is 3. The van der Waals surface area contributed by atoms with Crippen LogP contribution in [0.4, 0.5) is 17.3 Å². The fourth-order valence-corrected chi connectivity index (χ4v) is 3.11. The Bertz CT molecular complexity index is 1010. The molecule has 2 heterocycles. The summed E-state index contributed by atoms with van der Waals surface area (Å²) in [7, 11) is 1.68. The molecule has 2 aromatic rings. The molecule has 0 saturated heterocycles. The molecule has 166 valence electrons. The standard InChI is InChI=1S/C17H21N7O2.C4H8O/c1-20-13-8-14(23-16(22-13)11(9-18)15(19)25)21-12-6-3-7-24(17(12)26)10-4-2-5-10;5-4-2-1-3-4/h3,6-10H,2,4-5,18H2,1H3,(H2,19,25)(H2,20,21,22,23);4-5H,1-3H2/b11-9-;. The first-order valence-electron chi connectivity index (χ1n) is 10.4. The molecule has 0 radical (unpaired) electrons. The van der Waals surface area contributed by atoms with Crippen LogP contribution in [0.5, 0.6) is 0 Å². The lowest BCUT2D eigenvalue weighted by molar-refractivity contribution is -0.112. The van der Waals surface area contributed by atoms with Gasteiger partial charge in [-0.3, -0.25) is 9.59 Å². The Morgan fingerprint density at radius 2 is 1.87 bits per heavy atom. The fourth-order valence-electron chi connectivity index (χ4n) is 3.11. The molecule has 2 aromatic heterocycles. The van der Waals surface area contributed by atoms with Crippen LogP contribution in [0.3, 0.4) is 0 Å². The van der Waals surface area contributed by atoms with Gasteiger partial charge >= 0.3 is 0 Å². The number of amides is 1. The molecule has 2 fully saturated rings. The molecule has 7 N–H and O–H groups in total. The largest absolute Gasteiger partial charge is 0.404 e. The number of nitrogens with two attached hydrogens (primary N) is 2. The number of carbonyl (C=O) groups excluding carboxylic acids is 1. The van der Waals surface area contributed by atoms with Crippen LogP contribution >= 0.6 is 0 Å². The highest BCUT2D eigenvalue weighted by atomic mass is 16.3. The quantitative estimate of drug-likeness (QED) is 0.433. The summed E-state index contributed by atoms with van der Waals surface area (Å²) in [5.41, 5.74) is 11.0. The van der Waals surface area contributed by atoms with Crippen molar-refractivity contribution in [2.75, 3.05) is 17.7 Å². The topological polar surface area (TPSA) is 161 Å². The average Bonchev–Trinajstić information content (AvgIpc) is 2.68. The predicted molar refractivity (Wildman–Crippen MR) is 120 cm³/mol. The van der Waals surface area contributed by atoms with Crippen molar-refractivity contribution in [3.8, 4) is 0 Å². The van der Waals surface area contributed by atoms with E-state index in [0.29, 0.717) is 17.3 Å². The maximum Gasteiger partial charge on any atom is 0.274 e. The summed E-state index contributed by atoms with van der Waals surface area (Å²) in [6.45, 7) is 0. The lowest BCUT2D eigenvalue weighted by Crippen LogP contribution is -2.29. The van der Waals surface area contributed by atoms with E-state index in [2.05, 4.69) is 20.6 Å². The number of hydrogen-bond acceptors (Lipinski definition) is 8. The van der Waals surface area contributed by atoms with E-state index in [9.17, 15) is 9.59 Å². The summed E-state index contributed by atoms with van der Waals surface area (Å²) < 4.78 is 1.74. The van der Waals surface area contributed by atoms with Crippen molar-refractivity contribution in [3.05, 3.63) is 46.8 Å². The van der Waals surface area contributed by atoms with Gasteiger partial charge in [-0.15, -0.1) is 0 Å². The Morgan fingerprint density at radius 1 is 1.23 bits per heavy atom. The Morgan fingerprint density at radius 3 is 2.35 bits per heavy atom. The molecule has 10 nitrogen and oxygen atoms in total. The maximum absolute atomic E-state index is 12.7. The van der Waals surface area contributed by atoms with Gasteiger partial charge in [0.05, 0.1) is 11.7 Å². The molecule has 2 aliphatic carbocycles. The zero-order valence-electron chi connectivity index (χ0n) is 17.5. The highest BCUT2D eigenvalue weighted by Gasteiger charge is 2.21. The number of nitrogens with one attached hydrogen (secondary N) is 2. The Labute approximate surface area is 180 Å². The van der Waals surface area contributed by atoms with Crippen LogP contribution in [0.2, 0.25) is 0 Å². The molecule has 10 heteroatoms. The Hall–Kier alpha value is -3.40. The van der Waals surface area contributed by atoms with Crippen molar-refractivity contribution < 1.29 is 9.90 Å². The molecule has 2 saturated carbocycles. The number of nitrogens with zero attached hydrogens (tertiary/aromatic N) is 3. The van der Waals surface area contributed by atoms with E-state index in [1.807, 2.05) is 6.07 Å². The lowest BCUT2D eigenvalue weighted by atomic mass is 9.93. The third kappa shape index (κ3) is 5.40. The summed E-state index contributed by atoms with van der Waals surface area (Å²) in [5.74, 6) is 0.139. The van der Waals surface area contributed by atoms with E-state index in [-0.39, 0.29) is 29.1 Å². The minimum atomic E-state index is -0.737. The maximum atomic E-state index is 12.7. The molecule has 0 unspecified atom stereocenters. The summed E-state index contributed by atoms with van der Waals surface area (Å²) in [5, 5.41) is 14.3. The van der Waals surface area contributed by atoms with E-state index in [4.69, 9.17) is 16.6 Å². The Balaban J connectivity index is 0.000000478. The van der Waals surface area contributed by atoms with E-state index in [1.54, 1.807) is 29.9 Å². The van der Waals surface area contributed by atoms with Crippen molar-refractivity contribution in [1.29, 1.82) is 0 Å². The number of primary amides is 1. The molecule has 0 aliphatic heterocycles. The zero-order chi connectivity index (χ0) is 22.4. The van der Waals surface area contributed by atoms with E-state index < -0.39 is 5.91 Å². The van der Waals surface area contributed by atoms with Crippen LogP contribution in [0.25, 0.3) is 5.57 Å². The van der Waals surface area contributed by atoms with Gasteiger partial charge in [-0.05, 0) is 50.7 Å². The molecule has 0 bridgehead atoms. The fraction of sp³-hybridized carbons (Fsp3) is 0.429. The van der Waals surface area contributed by atoms with Crippen LogP contribution in [0.15, 0.2) is 35.4 Å². The Kier molecular flexibility index (Phi) is 7.24. The van der Waals surface area contributed by atoms with E-state index in [0.717, 1.165) is 38.3 Å². The van der Waals surface area contributed by atoms with Crippen LogP contribution in [0, 0.1) is 0 Å². The lowest BCUT2D eigenvalue weighted by Gasteiger charge is -2.27. The predicted octanol–water partition coefficient (Wildman–Crippen LogP) is 1.46. The molecule has 0 spiro atoms. The second-order valence-electron chi connectivity index (χ2n) is 7.59. The van der Waals surface area contributed by atoms with Gasteiger partial charge in [-0.1, -0.05) is 0 Å². The molecule has 1 amide bonds. The summed E-state index contributed by atoms with van der Waals surface area (Å²) in [6, 6.07) is 5.38. The van der Waals surface area contributed by atoms with Crippen LogP contribution in [0.1, 0.15) is 50.4 Å². The molecule has 4 rings (SSSR count). The van der Waals surface area contributed by atoms with Gasteiger partial charge in [-0.25, -0.2) is 9.97 Å². The minimum Gasteiger partial charge on any atom is -0.404 e. The monoisotopic (exact) mass is 427 g/mol.